The van der Waals surface area contributed by atoms with E-state index < -0.39 is 12.0 Å². The minimum atomic E-state index is -0.581. The first-order valence-corrected chi connectivity index (χ1v) is 10.0. The highest BCUT2D eigenvalue weighted by atomic mass is 32.1. The van der Waals surface area contributed by atoms with Crippen molar-refractivity contribution in [1.82, 2.24) is 14.3 Å². The van der Waals surface area contributed by atoms with Crippen molar-refractivity contribution in [2.75, 3.05) is 6.61 Å². The molecule has 148 valence electrons. The highest BCUT2D eigenvalue weighted by molar-refractivity contribution is 7.07. The standard InChI is InChI=1S/C21H20N4O3S/c1-4-28-20(27)17-13(2)23-21-25(18(17)15-8-6-5-7-9-15)19(26)16(29-21)10-14-11-22-24(3)12-14/h5-12,18H,4H2,1-3H3. The number of hydrogen-bond donors (Lipinski definition) is 0. The summed E-state index contributed by atoms with van der Waals surface area (Å²) in [6.07, 6.45) is 5.33. The van der Waals surface area contributed by atoms with Crippen LogP contribution >= 0.6 is 11.3 Å². The minimum Gasteiger partial charge on any atom is -0.463 e. The Morgan fingerprint density at radius 1 is 1.31 bits per heavy atom. The van der Waals surface area contributed by atoms with Gasteiger partial charge in [-0.3, -0.25) is 14.0 Å². The number of benzene rings is 1. The summed E-state index contributed by atoms with van der Waals surface area (Å²) in [5.41, 5.74) is 2.42. The molecule has 3 aromatic rings. The van der Waals surface area contributed by atoms with Crippen molar-refractivity contribution >= 4 is 23.4 Å². The second-order valence-electron chi connectivity index (χ2n) is 6.66. The average molecular weight is 408 g/mol. The molecule has 2 aromatic heterocycles. The molecule has 0 N–H and O–H groups in total. The van der Waals surface area contributed by atoms with Gasteiger partial charge in [0.15, 0.2) is 4.80 Å². The van der Waals surface area contributed by atoms with Crippen LogP contribution in [0.3, 0.4) is 0 Å². The molecule has 1 atom stereocenters. The Balaban J connectivity index is 1.96. The summed E-state index contributed by atoms with van der Waals surface area (Å²) in [5.74, 6) is -0.454. The van der Waals surface area contributed by atoms with Gasteiger partial charge in [0.1, 0.15) is 0 Å². The number of fused-ring (bicyclic) bond motifs is 1. The molecule has 3 heterocycles. The molecule has 1 aromatic carbocycles. The zero-order valence-electron chi connectivity index (χ0n) is 16.3. The van der Waals surface area contributed by atoms with Gasteiger partial charge in [0.05, 0.1) is 34.6 Å². The van der Waals surface area contributed by atoms with E-state index in [0.717, 1.165) is 11.1 Å². The Hall–Kier alpha value is -3.26. The van der Waals surface area contributed by atoms with Crippen molar-refractivity contribution in [2.45, 2.75) is 19.9 Å². The maximum atomic E-state index is 13.3. The number of nitrogens with zero attached hydrogens (tertiary/aromatic N) is 4. The third-order valence-corrected chi connectivity index (χ3v) is 5.64. The van der Waals surface area contributed by atoms with Crippen molar-refractivity contribution in [3.8, 4) is 0 Å². The van der Waals surface area contributed by atoms with Crippen LogP contribution in [0, 0.1) is 0 Å². The molecule has 0 amide bonds. The van der Waals surface area contributed by atoms with Gasteiger partial charge in [0.2, 0.25) is 0 Å². The van der Waals surface area contributed by atoms with Crippen molar-refractivity contribution in [3.63, 3.8) is 0 Å². The number of aromatic nitrogens is 3. The van der Waals surface area contributed by atoms with Gasteiger partial charge in [0.25, 0.3) is 5.56 Å². The van der Waals surface area contributed by atoms with Crippen LogP contribution in [0.25, 0.3) is 6.08 Å². The number of thiazole rings is 1. The lowest BCUT2D eigenvalue weighted by atomic mass is 9.96. The van der Waals surface area contributed by atoms with Gasteiger partial charge < -0.3 is 4.74 Å². The van der Waals surface area contributed by atoms with E-state index in [1.807, 2.05) is 43.6 Å². The normalized spacial score (nSPS) is 16.5. The summed E-state index contributed by atoms with van der Waals surface area (Å²) in [6.45, 7) is 3.79. The Kier molecular flexibility index (Phi) is 5.02. The smallest absolute Gasteiger partial charge is 0.338 e. The molecule has 0 aliphatic carbocycles. The Morgan fingerprint density at radius 2 is 2.07 bits per heavy atom. The number of ether oxygens (including phenoxy) is 1. The summed E-state index contributed by atoms with van der Waals surface area (Å²) in [6, 6.07) is 8.90. The first-order valence-electron chi connectivity index (χ1n) is 9.23. The molecule has 29 heavy (non-hydrogen) atoms. The van der Waals surface area contributed by atoms with Crippen LogP contribution in [0.1, 0.15) is 31.0 Å². The quantitative estimate of drug-likeness (QED) is 0.614. The summed E-state index contributed by atoms with van der Waals surface area (Å²) in [5, 5.41) is 4.14. The van der Waals surface area contributed by atoms with Gasteiger partial charge in [-0.15, -0.1) is 0 Å². The van der Waals surface area contributed by atoms with Crippen LogP contribution in [0.2, 0.25) is 0 Å². The van der Waals surface area contributed by atoms with Crippen molar-refractivity contribution in [1.29, 1.82) is 0 Å². The van der Waals surface area contributed by atoms with E-state index in [1.165, 1.54) is 11.3 Å². The van der Waals surface area contributed by atoms with Crippen molar-refractivity contribution in [2.24, 2.45) is 12.0 Å². The Bertz CT molecular complexity index is 1280. The summed E-state index contributed by atoms with van der Waals surface area (Å²) in [4.78, 5) is 31.2. The van der Waals surface area contributed by atoms with Crippen LogP contribution in [0.15, 0.2) is 63.8 Å². The molecule has 0 saturated carbocycles. The maximum absolute atomic E-state index is 13.3. The fourth-order valence-electron chi connectivity index (χ4n) is 3.41. The van der Waals surface area contributed by atoms with Gasteiger partial charge in [-0.25, -0.2) is 9.79 Å². The van der Waals surface area contributed by atoms with Gasteiger partial charge >= 0.3 is 5.97 Å². The molecule has 7 nitrogen and oxygen atoms in total. The molecule has 1 aliphatic heterocycles. The maximum Gasteiger partial charge on any atom is 0.338 e. The molecule has 4 rings (SSSR count). The zero-order valence-corrected chi connectivity index (χ0v) is 17.1. The predicted molar refractivity (Wildman–Crippen MR) is 110 cm³/mol. The van der Waals surface area contributed by atoms with Crippen molar-refractivity contribution < 1.29 is 9.53 Å². The monoisotopic (exact) mass is 408 g/mol. The Labute approximate surface area is 170 Å². The fraction of sp³-hybridized carbons (Fsp3) is 0.238. The highest BCUT2D eigenvalue weighted by Crippen LogP contribution is 2.30. The number of rotatable bonds is 4. The molecule has 8 heteroatoms. The van der Waals surface area contributed by atoms with Crippen LogP contribution in [-0.2, 0) is 16.6 Å². The number of aryl methyl sites for hydroxylation is 1. The van der Waals surface area contributed by atoms with Gasteiger partial charge in [-0.1, -0.05) is 41.7 Å². The second-order valence-corrected chi connectivity index (χ2v) is 7.67. The summed E-state index contributed by atoms with van der Waals surface area (Å²) >= 11 is 1.30. The number of carbonyl (C=O) groups excluding carboxylic acids is 1. The van der Waals surface area contributed by atoms with E-state index in [-0.39, 0.29) is 12.2 Å². The van der Waals surface area contributed by atoms with Gasteiger partial charge in [-0.05, 0) is 25.5 Å². The summed E-state index contributed by atoms with van der Waals surface area (Å²) < 4.78 is 9.08. The van der Waals surface area contributed by atoms with Crippen LogP contribution in [0.4, 0.5) is 0 Å². The average Bonchev–Trinajstić information content (AvgIpc) is 3.24. The third kappa shape index (κ3) is 3.47. The molecule has 0 bridgehead atoms. The van der Waals surface area contributed by atoms with E-state index in [4.69, 9.17) is 4.74 Å². The molecule has 0 spiro atoms. The van der Waals surface area contributed by atoms with E-state index in [9.17, 15) is 9.59 Å². The number of carbonyl (C=O) groups is 1. The SMILES string of the molecule is CCOC(=O)C1=C(C)N=c2sc(=Cc3cnn(C)c3)c(=O)n2C1c1ccccc1. The van der Waals surface area contributed by atoms with Crippen LogP contribution < -0.4 is 14.9 Å². The zero-order chi connectivity index (χ0) is 20.5. The molecular formula is C21H20N4O3S. The highest BCUT2D eigenvalue weighted by Gasteiger charge is 2.33. The predicted octanol–water partition coefficient (Wildman–Crippen LogP) is 1.53. The van der Waals surface area contributed by atoms with E-state index >= 15 is 0 Å². The topological polar surface area (TPSA) is 78.5 Å². The fourth-order valence-corrected chi connectivity index (χ4v) is 4.45. The van der Waals surface area contributed by atoms with Crippen molar-refractivity contribution in [3.05, 3.63) is 84.8 Å². The minimum absolute atomic E-state index is 0.194. The van der Waals surface area contributed by atoms with Crippen LogP contribution in [-0.4, -0.2) is 26.9 Å². The third-order valence-electron chi connectivity index (χ3n) is 4.65. The lowest BCUT2D eigenvalue weighted by Gasteiger charge is -2.24. The number of allylic oxidation sites excluding steroid dienone is 1. The largest absolute Gasteiger partial charge is 0.463 e. The number of hydrogen-bond acceptors (Lipinski definition) is 6. The van der Waals surface area contributed by atoms with Gasteiger partial charge in [-0.2, -0.15) is 5.10 Å². The first-order chi connectivity index (χ1) is 14.0. The van der Waals surface area contributed by atoms with Gasteiger partial charge in [0, 0.05) is 18.8 Å². The van der Waals surface area contributed by atoms with E-state index in [2.05, 4.69) is 10.1 Å². The Morgan fingerprint density at radius 3 is 2.72 bits per heavy atom. The molecule has 0 radical (unpaired) electrons. The lowest BCUT2D eigenvalue weighted by Crippen LogP contribution is -2.39. The molecule has 0 fully saturated rings. The molecule has 1 unspecified atom stereocenters. The first kappa shape index (κ1) is 19.1. The molecule has 0 saturated heterocycles. The molecular weight excluding hydrogens is 388 g/mol. The van der Waals surface area contributed by atoms with Crippen LogP contribution in [0.5, 0.6) is 0 Å². The number of esters is 1. The second kappa shape index (κ2) is 7.63. The summed E-state index contributed by atoms with van der Waals surface area (Å²) in [7, 11) is 1.82. The van der Waals surface area contributed by atoms with E-state index in [1.54, 1.807) is 35.4 Å². The molecule has 1 aliphatic rings. The van der Waals surface area contributed by atoms with E-state index in [0.29, 0.717) is 20.6 Å². The lowest BCUT2D eigenvalue weighted by molar-refractivity contribution is -0.139.